The Morgan fingerprint density at radius 3 is 2.42 bits per heavy atom. The van der Waals surface area contributed by atoms with Crippen molar-refractivity contribution in [3.05, 3.63) is 57.8 Å². The lowest BCUT2D eigenvalue weighted by Gasteiger charge is -2.13. The fourth-order valence-electron chi connectivity index (χ4n) is 1.93. The SMILES string of the molecule is CCOc1ccc(C(=O)[C@@H](C)OC(=O)c2cnc(Cl)c(Cl)c2)cc1. The Morgan fingerprint density at radius 2 is 1.83 bits per heavy atom. The minimum Gasteiger partial charge on any atom is -0.494 e. The van der Waals surface area contributed by atoms with Crippen molar-refractivity contribution in [2.45, 2.75) is 20.0 Å². The van der Waals surface area contributed by atoms with Crippen molar-refractivity contribution in [2.24, 2.45) is 0 Å². The number of carbonyl (C=O) groups is 2. The van der Waals surface area contributed by atoms with Crippen molar-refractivity contribution in [2.75, 3.05) is 6.61 Å². The summed E-state index contributed by atoms with van der Waals surface area (Å²) in [7, 11) is 0. The molecule has 0 aliphatic heterocycles. The van der Waals surface area contributed by atoms with E-state index in [1.54, 1.807) is 24.3 Å². The Hall–Kier alpha value is -2.11. The van der Waals surface area contributed by atoms with Crippen molar-refractivity contribution in [1.29, 1.82) is 0 Å². The highest BCUT2D eigenvalue weighted by Crippen LogP contribution is 2.21. The van der Waals surface area contributed by atoms with Crippen LogP contribution in [-0.2, 0) is 4.74 Å². The highest BCUT2D eigenvalue weighted by Gasteiger charge is 2.21. The van der Waals surface area contributed by atoms with Crippen LogP contribution >= 0.6 is 23.2 Å². The molecular formula is C17H15Cl2NO4. The van der Waals surface area contributed by atoms with Gasteiger partial charge in [-0.3, -0.25) is 4.79 Å². The zero-order valence-corrected chi connectivity index (χ0v) is 14.6. The molecular weight excluding hydrogens is 353 g/mol. The van der Waals surface area contributed by atoms with E-state index < -0.39 is 12.1 Å². The fourth-order valence-corrected chi connectivity index (χ4v) is 2.20. The third kappa shape index (κ3) is 4.46. The summed E-state index contributed by atoms with van der Waals surface area (Å²) in [5.41, 5.74) is 0.543. The second kappa shape index (κ2) is 8.13. The predicted molar refractivity (Wildman–Crippen MR) is 91.1 cm³/mol. The number of ether oxygens (including phenoxy) is 2. The van der Waals surface area contributed by atoms with Crippen molar-refractivity contribution >= 4 is 35.0 Å². The van der Waals surface area contributed by atoms with E-state index in [4.69, 9.17) is 32.7 Å². The standard InChI is InChI=1S/C17H15Cl2NO4/c1-3-23-13-6-4-11(5-7-13)15(21)10(2)24-17(22)12-8-14(18)16(19)20-9-12/h4-10H,3H2,1-2H3/t10-/m1/s1. The van der Waals surface area contributed by atoms with Gasteiger partial charge in [0.15, 0.2) is 6.10 Å². The third-order valence-corrected chi connectivity index (χ3v) is 3.82. The Balaban J connectivity index is 2.04. The number of pyridine rings is 1. The van der Waals surface area contributed by atoms with Crippen LogP contribution in [0.5, 0.6) is 5.75 Å². The van der Waals surface area contributed by atoms with Crippen LogP contribution in [0.1, 0.15) is 34.6 Å². The van der Waals surface area contributed by atoms with E-state index in [-0.39, 0.29) is 21.5 Å². The summed E-state index contributed by atoms with van der Waals surface area (Å²) in [6, 6.07) is 7.96. The van der Waals surface area contributed by atoms with Crippen LogP contribution in [0.3, 0.4) is 0 Å². The fraction of sp³-hybridized carbons (Fsp3) is 0.235. The summed E-state index contributed by atoms with van der Waals surface area (Å²) in [4.78, 5) is 28.1. The molecule has 1 aromatic carbocycles. The van der Waals surface area contributed by atoms with E-state index in [0.717, 1.165) is 0 Å². The first-order valence-corrected chi connectivity index (χ1v) is 7.97. The van der Waals surface area contributed by atoms with Gasteiger partial charge in [0.05, 0.1) is 17.2 Å². The Labute approximate surface area is 149 Å². The maximum Gasteiger partial charge on any atom is 0.340 e. The van der Waals surface area contributed by atoms with Gasteiger partial charge in [-0.1, -0.05) is 23.2 Å². The lowest BCUT2D eigenvalue weighted by molar-refractivity contribution is 0.0318. The molecule has 0 unspecified atom stereocenters. The molecule has 0 amide bonds. The van der Waals surface area contributed by atoms with Crippen LogP contribution < -0.4 is 4.74 Å². The molecule has 126 valence electrons. The normalized spacial score (nSPS) is 11.7. The summed E-state index contributed by atoms with van der Waals surface area (Å²) in [5.74, 6) is -0.354. The number of ketones is 1. The summed E-state index contributed by atoms with van der Waals surface area (Å²) in [5, 5.41) is 0.225. The monoisotopic (exact) mass is 367 g/mol. The van der Waals surface area contributed by atoms with Crippen molar-refractivity contribution in [3.8, 4) is 5.75 Å². The highest BCUT2D eigenvalue weighted by atomic mass is 35.5. The summed E-state index contributed by atoms with van der Waals surface area (Å²) >= 11 is 11.5. The Bertz CT molecular complexity index is 747. The number of aromatic nitrogens is 1. The second-order valence-electron chi connectivity index (χ2n) is 4.87. The first kappa shape index (κ1) is 18.2. The van der Waals surface area contributed by atoms with Crippen LogP contribution in [0.15, 0.2) is 36.5 Å². The number of esters is 1. The maximum absolute atomic E-state index is 12.3. The molecule has 24 heavy (non-hydrogen) atoms. The molecule has 7 heteroatoms. The lowest BCUT2D eigenvalue weighted by atomic mass is 10.1. The third-order valence-electron chi connectivity index (χ3n) is 3.13. The van der Waals surface area contributed by atoms with Crippen LogP contribution in [0, 0.1) is 0 Å². The van der Waals surface area contributed by atoms with Gasteiger partial charge >= 0.3 is 5.97 Å². The molecule has 2 aromatic rings. The molecule has 1 atom stereocenters. The highest BCUT2D eigenvalue weighted by molar-refractivity contribution is 6.41. The van der Waals surface area contributed by atoms with Gasteiger partial charge in [0.25, 0.3) is 0 Å². The quantitative estimate of drug-likeness (QED) is 0.434. The molecule has 0 N–H and O–H groups in total. The number of halogens is 2. The average Bonchev–Trinajstić information content (AvgIpc) is 2.57. The first-order valence-electron chi connectivity index (χ1n) is 7.21. The molecule has 0 aliphatic carbocycles. The molecule has 0 spiro atoms. The first-order chi connectivity index (χ1) is 11.4. The topological polar surface area (TPSA) is 65.5 Å². The molecule has 0 saturated heterocycles. The van der Waals surface area contributed by atoms with E-state index in [9.17, 15) is 9.59 Å². The number of hydrogen-bond acceptors (Lipinski definition) is 5. The predicted octanol–water partition coefficient (Wildman–Crippen LogP) is 4.22. The molecule has 0 aliphatic rings. The Kier molecular flexibility index (Phi) is 6.17. The maximum atomic E-state index is 12.3. The smallest absolute Gasteiger partial charge is 0.340 e. The van der Waals surface area contributed by atoms with Crippen LogP contribution in [0.4, 0.5) is 0 Å². The summed E-state index contributed by atoms with van der Waals surface area (Å²) in [6.07, 6.45) is 0.287. The minimum atomic E-state index is -0.954. The molecule has 0 bridgehead atoms. The van der Waals surface area contributed by atoms with Gasteiger partial charge in [-0.25, -0.2) is 9.78 Å². The molecule has 0 radical (unpaired) electrons. The van der Waals surface area contributed by atoms with Gasteiger partial charge < -0.3 is 9.47 Å². The number of benzene rings is 1. The van der Waals surface area contributed by atoms with Gasteiger partial charge in [0.2, 0.25) is 5.78 Å². The van der Waals surface area contributed by atoms with Gasteiger partial charge in [0.1, 0.15) is 10.9 Å². The van der Waals surface area contributed by atoms with E-state index >= 15 is 0 Å². The van der Waals surface area contributed by atoms with Crippen molar-refractivity contribution in [3.63, 3.8) is 0 Å². The summed E-state index contributed by atoms with van der Waals surface area (Å²) in [6.45, 7) is 3.92. The van der Waals surface area contributed by atoms with Crippen LogP contribution in [0.2, 0.25) is 10.2 Å². The molecule has 1 heterocycles. The van der Waals surface area contributed by atoms with E-state index in [2.05, 4.69) is 4.98 Å². The zero-order valence-electron chi connectivity index (χ0n) is 13.1. The average molecular weight is 368 g/mol. The van der Waals surface area contributed by atoms with E-state index in [1.807, 2.05) is 6.92 Å². The number of Topliss-reactive ketones (excluding diaryl/α,β-unsaturated/α-hetero) is 1. The molecule has 0 saturated carbocycles. The van der Waals surface area contributed by atoms with Crippen molar-refractivity contribution < 1.29 is 19.1 Å². The summed E-state index contributed by atoms with van der Waals surface area (Å²) < 4.78 is 10.5. The molecule has 2 rings (SSSR count). The largest absolute Gasteiger partial charge is 0.494 e. The second-order valence-corrected chi connectivity index (χ2v) is 5.63. The minimum absolute atomic E-state index is 0.0896. The molecule has 1 aromatic heterocycles. The van der Waals surface area contributed by atoms with E-state index in [1.165, 1.54) is 19.2 Å². The van der Waals surface area contributed by atoms with Crippen LogP contribution in [0.25, 0.3) is 0 Å². The Morgan fingerprint density at radius 1 is 1.17 bits per heavy atom. The van der Waals surface area contributed by atoms with Gasteiger partial charge in [-0.15, -0.1) is 0 Å². The van der Waals surface area contributed by atoms with E-state index in [0.29, 0.717) is 17.9 Å². The number of nitrogens with zero attached hydrogens (tertiary/aromatic N) is 1. The van der Waals surface area contributed by atoms with Crippen molar-refractivity contribution in [1.82, 2.24) is 4.98 Å². The van der Waals surface area contributed by atoms with Crippen LogP contribution in [-0.4, -0.2) is 29.4 Å². The molecule has 0 fully saturated rings. The number of carbonyl (C=O) groups excluding carboxylic acids is 2. The number of rotatable bonds is 6. The number of hydrogen-bond donors (Lipinski definition) is 0. The molecule has 5 nitrogen and oxygen atoms in total. The van der Waals surface area contributed by atoms with Gasteiger partial charge in [-0.05, 0) is 44.2 Å². The zero-order chi connectivity index (χ0) is 17.7. The lowest BCUT2D eigenvalue weighted by Crippen LogP contribution is -2.24. The van der Waals surface area contributed by atoms with Gasteiger partial charge in [0, 0.05) is 11.8 Å². The van der Waals surface area contributed by atoms with Gasteiger partial charge in [-0.2, -0.15) is 0 Å².